The van der Waals surface area contributed by atoms with Crippen molar-refractivity contribution in [3.63, 3.8) is 0 Å². The van der Waals surface area contributed by atoms with Gasteiger partial charge in [-0.05, 0) is 59.6 Å². The molecule has 0 unspecified atom stereocenters. The van der Waals surface area contributed by atoms with Gasteiger partial charge in [-0.15, -0.1) is 0 Å². The Morgan fingerprint density at radius 1 is 1.23 bits per heavy atom. The van der Waals surface area contributed by atoms with Crippen LogP contribution in [0.2, 0.25) is 0 Å². The van der Waals surface area contributed by atoms with E-state index in [4.69, 9.17) is 5.26 Å². The van der Waals surface area contributed by atoms with E-state index in [9.17, 15) is 0 Å². The van der Waals surface area contributed by atoms with E-state index in [-0.39, 0.29) is 0 Å². The predicted molar refractivity (Wildman–Crippen MR) is 94.0 cm³/mol. The highest BCUT2D eigenvalue weighted by Gasteiger charge is 2.04. The van der Waals surface area contributed by atoms with Gasteiger partial charge in [0.2, 0.25) is 0 Å². The van der Waals surface area contributed by atoms with Crippen molar-refractivity contribution in [1.29, 1.82) is 5.26 Å². The Labute approximate surface area is 139 Å². The van der Waals surface area contributed by atoms with E-state index in [1.165, 1.54) is 0 Å². The molecular formula is C17H19BrN4. The second-order valence-electron chi connectivity index (χ2n) is 4.86. The lowest BCUT2D eigenvalue weighted by Gasteiger charge is -2.19. The van der Waals surface area contributed by atoms with Crippen molar-refractivity contribution in [2.75, 3.05) is 23.3 Å². The summed E-state index contributed by atoms with van der Waals surface area (Å²) in [6.45, 7) is 6.86. The van der Waals surface area contributed by atoms with Crippen LogP contribution in [0.1, 0.15) is 25.0 Å². The van der Waals surface area contributed by atoms with Crippen LogP contribution in [0.25, 0.3) is 0 Å². The molecule has 0 bridgehead atoms. The quantitative estimate of drug-likeness (QED) is 0.841. The largest absolute Gasteiger partial charge is 0.380 e. The van der Waals surface area contributed by atoms with Crippen LogP contribution in [-0.2, 0) is 6.54 Å². The fraction of sp³-hybridized carbons (Fsp3) is 0.294. The van der Waals surface area contributed by atoms with Crippen molar-refractivity contribution in [3.8, 4) is 6.07 Å². The number of rotatable bonds is 6. The van der Waals surface area contributed by atoms with Gasteiger partial charge >= 0.3 is 0 Å². The van der Waals surface area contributed by atoms with Crippen LogP contribution in [-0.4, -0.2) is 18.1 Å². The molecule has 5 heteroatoms. The fourth-order valence-electron chi connectivity index (χ4n) is 2.18. The highest BCUT2D eigenvalue weighted by atomic mass is 79.9. The van der Waals surface area contributed by atoms with Crippen molar-refractivity contribution in [2.45, 2.75) is 20.4 Å². The van der Waals surface area contributed by atoms with Gasteiger partial charge in [-0.3, -0.25) is 0 Å². The molecule has 114 valence electrons. The van der Waals surface area contributed by atoms with E-state index < -0.39 is 0 Å². The van der Waals surface area contributed by atoms with Crippen LogP contribution in [0, 0.1) is 11.3 Å². The number of pyridine rings is 1. The minimum absolute atomic E-state index is 0.641. The van der Waals surface area contributed by atoms with Gasteiger partial charge in [0.05, 0.1) is 11.6 Å². The summed E-state index contributed by atoms with van der Waals surface area (Å²) in [6.07, 6.45) is 1.90. The van der Waals surface area contributed by atoms with Gasteiger partial charge < -0.3 is 10.2 Å². The molecule has 0 fully saturated rings. The Morgan fingerprint density at radius 3 is 2.55 bits per heavy atom. The highest BCUT2D eigenvalue weighted by molar-refractivity contribution is 9.10. The van der Waals surface area contributed by atoms with Gasteiger partial charge in [0.15, 0.2) is 0 Å². The zero-order valence-electron chi connectivity index (χ0n) is 12.8. The first kappa shape index (κ1) is 16.3. The monoisotopic (exact) mass is 358 g/mol. The van der Waals surface area contributed by atoms with Gasteiger partial charge in [0.25, 0.3) is 0 Å². The van der Waals surface area contributed by atoms with E-state index in [1.54, 1.807) is 6.07 Å². The predicted octanol–water partition coefficient (Wildman–Crippen LogP) is 4.17. The van der Waals surface area contributed by atoms with Crippen molar-refractivity contribution >= 4 is 27.4 Å². The smallest absolute Gasteiger partial charge is 0.128 e. The Kier molecular flexibility index (Phi) is 5.79. The summed E-state index contributed by atoms with van der Waals surface area (Å²) < 4.78 is 0.888. The topological polar surface area (TPSA) is 52.0 Å². The first-order valence-corrected chi connectivity index (χ1v) is 8.10. The average Bonchev–Trinajstić information content (AvgIpc) is 2.56. The second-order valence-corrected chi connectivity index (χ2v) is 5.71. The Hall–Kier alpha value is -2.06. The van der Waals surface area contributed by atoms with Gasteiger partial charge in [0.1, 0.15) is 5.82 Å². The molecule has 2 aromatic rings. The maximum absolute atomic E-state index is 8.87. The zero-order valence-corrected chi connectivity index (χ0v) is 14.4. The minimum Gasteiger partial charge on any atom is -0.380 e. The molecule has 22 heavy (non-hydrogen) atoms. The maximum Gasteiger partial charge on any atom is 0.128 e. The zero-order chi connectivity index (χ0) is 15.9. The lowest BCUT2D eigenvalue weighted by atomic mass is 10.2. The van der Waals surface area contributed by atoms with Crippen LogP contribution < -0.4 is 10.2 Å². The third kappa shape index (κ3) is 3.99. The Balaban J connectivity index is 2.02. The lowest BCUT2D eigenvalue weighted by molar-refractivity contribution is 0.844. The second kappa shape index (κ2) is 7.81. The average molecular weight is 359 g/mol. The summed E-state index contributed by atoms with van der Waals surface area (Å²) >= 11 is 3.47. The number of halogens is 1. The SMILES string of the molecule is CCN(CC)c1ccc(CNc2ccc(C#N)cc2Br)cn1. The molecule has 4 nitrogen and oxygen atoms in total. The first-order chi connectivity index (χ1) is 10.7. The fourth-order valence-corrected chi connectivity index (χ4v) is 2.70. The van der Waals surface area contributed by atoms with Crippen molar-refractivity contribution in [1.82, 2.24) is 4.98 Å². The van der Waals surface area contributed by atoms with Crippen molar-refractivity contribution in [3.05, 3.63) is 52.1 Å². The van der Waals surface area contributed by atoms with Crippen molar-refractivity contribution in [2.24, 2.45) is 0 Å². The summed E-state index contributed by atoms with van der Waals surface area (Å²) in [5, 5.41) is 12.2. The molecule has 0 aliphatic heterocycles. The number of aromatic nitrogens is 1. The molecule has 0 aliphatic rings. The summed E-state index contributed by atoms with van der Waals surface area (Å²) in [5.74, 6) is 1.01. The number of hydrogen-bond donors (Lipinski definition) is 1. The molecule has 0 radical (unpaired) electrons. The molecule has 0 aliphatic carbocycles. The lowest BCUT2D eigenvalue weighted by Crippen LogP contribution is -2.22. The first-order valence-electron chi connectivity index (χ1n) is 7.31. The van der Waals surface area contributed by atoms with Gasteiger partial charge in [-0.25, -0.2) is 4.98 Å². The maximum atomic E-state index is 8.87. The third-order valence-corrected chi connectivity index (χ3v) is 4.13. The molecule has 0 saturated carbocycles. The van der Waals surface area contributed by atoms with Crippen LogP contribution in [0.5, 0.6) is 0 Å². The normalized spacial score (nSPS) is 10.1. The standard InChI is InChI=1S/C17H19BrN4/c1-3-22(4-2)17-8-6-14(12-21-17)11-20-16-7-5-13(10-19)9-15(16)18/h5-9,12,20H,3-4,11H2,1-2H3. The van der Waals surface area contributed by atoms with Crippen LogP contribution in [0.4, 0.5) is 11.5 Å². The van der Waals surface area contributed by atoms with Crippen LogP contribution in [0.3, 0.4) is 0 Å². The summed E-state index contributed by atoms with van der Waals surface area (Å²) in [7, 11) is 0. The van der Waals surface area contributed by atoms with Gasteiger partial charge in [-0.2, -0.15) is 5.26 Å². The van der Waals surface area contributed by atoms with Crippen LogP contribution in [0.15, 0.2) is 41.0 Å². The van der Waals surface area contributed by atoms with Crippen molar-refractivity contribution < 1.29 is 0 Å². The number of nitrogens with zero attached hydrogens (tertiary/aromatic N) is 3. The molecule has 0 saturated heterocycles. The van der Waals surface area contributed by atoms with E-state index >= 15 is 0 Å². The number of hydrogen-bond acceptors (Lipinski definition) is 4. The van der Waals surface area contributed by atoms with E-state index in [0.29, 0.717) is 12.1 Å². The molecule has 2 rings (SSSR count). The van der Waals surface area contributed by atoms with Gasteiger partial charge in [-0.1, -0.05) is 6.07 Å². The summed E-state index contributed by atoms with van der Waals surface area (Å²) in [4.78, 5) is 6.73. The van der Waals surface area contributed by atoms with Gasteiger partial charge in [0, 0.05) is 36.0 Å². The summed E-state index contributed by atoms with van der Waals surface area (Å²) in [6, 6.07) is 11.8. The number of nitrogens with one attached hydrogen (secondary N) is 1. The molecule has 0 spiro atoms. The molecule has 1 heterocycles. The highest BCUT2D eigenvalue weighted by Crippen LogP contribution is 2.24. The molecule has 0 amide bonds. The molecule has 1 N–H and O–H groups in total. The van der Waals surface area contributed by atoms with E-state index in [1.807, 2.05) is 18.3 Å². The molecule has 0 atom stereocenters. The number of anilines is 2. The third-order valence-electron chi connectivity index (χ3n) is 3.48. The van der Waals surface area contributed by atoms with Crippen LogP contribution >= 0.6 is 15.9 Å². The molecule has 1 aromatic heterocycles. The Morgan fingerprint density at radius 2 is 2.00 bits per heavy atom. The number of benzene rings is 1. The minimum atomic E-state index is 0.641. The summed E-state index contributed by atoms with van der Waals surface area (Å²) in [5.41, 5.74) is 2.72. The molecular weight excluding hydrogens is 340 g/mol. The number of nitriles is 1. The van der Waals surface area contributed by atoms with E-state index in [2.05, 4.69) is 63.2 Å². The Bertz CT molecular complexity index is 657. The molecule has 1 aromatic carbocycles. The van der Waals surface area contributed by atoms with E-state index in [0.717, 1.165) is 34.6 Å².